The molecular formula is C16H18ClNO2. The first-order valence-corrected chi connectivity index (χ1v) is 6.80. The Kier molecular flexibility index (Phi) is 4.88. The van der Waals surface area contributed by atoms with Crippen molar-refractivity contribution in [3.8, 4) is 5.75 Å². The van der Waals surface area contributed by atoms with Crippen LogP contribution in [0.1, 0.15) is 17.2 Å². The Morgan fingerprint density at radius 1 is 1.20 bits per heavy atom. The number of hydrogen-bond acceptors (Lipinski definition) is 3. The van der Waals surface area contributed by atoms with Gasteiger partial charge in [0, 0.05) is 17.3 Å². The summed E-state index contributed by atoms with van der Waals surface area (Å²) in [6.45, 7) is 2.42. The summed E-state index contributed by atoms with van der Waals surface area (Å²) < 4.78 is 5.10. The highest BCUT2D eigenvalue weighted by Gasteiger charge is 2.08. The Bertz CT molecular complexity index is 569. The van der Waals surface area contributed by atoms with E-state index in [-0.39, 0.29) is 0 Å². The van der Waals surface area contributed by atoms with Gasteiger partial charge in [-0.2, -0.15) is 0 Å². The molecule has 3 nitrogen and oxygen atoms in total. The van der Waals surface area contributed by atoms with E-state index in [1.165, 1.54) is 0 Å². The van der Waals surface area contributed by atoms with Crippen LogP contribution in [-0.4, -0.2) is 18.8 Å². The van der Waals surface area contributed by atoms with E-state index in [1.54, 1.807) is 7.11 Å². The van der Waals surface area contributed by atoms with Crippen LogP contribution in [0.15, 0.2) is 42.5 Å². The van der Waals surface area contributed by atoms with Crippen LogP contribution < -0.4 is 10.1 Å². The Hall–Kier alpha value is -1.71. The van der Waals surface area contributed by atoms with E-state index in [4.69, 9.17) is 16.3 Å². The molecule has 0 fully saturated rings. The number of benzene rings is 2. The number of nitrogens with one attached hydrogen (secondary N) is 1. The van der Waals surface area contributed by atoms with Crippen LogP contribution in [0.3, 0.4) is 0 Å². The fourth-order valence-electron chi connectivity index (χ4n) is 1.94. The minimum Gasteiger partial charge on any atom is -0.497 e. The Morgan fingerprint density at radius 3 is 2.55 bits per heavy atom. The number of ether oxygens (including phenoxy) is 1. The van der Waals surface area contributed by atoms with Crippen molar-refractivity contribution >= 4 is 17.3 Å². The molecule has 106 valence electrons. The highest BCUT2D eigenvalue weighted by molar-refractivity contribution is 6.30. The quantitative estimate of drug-likeness (QED) is 0.880. The summed E-state index contributed by atoms with van der Waals surface area (Å²) in [6.07, 6.45) is -0.584. The van der Waals surface area contributed by atoms with Crippen LogP contribution in [0.25, 0.3) is 0 Å². The summed E-state index contributed by atoms with van der Waals surface area (Å²) in [7, 11) is 1.62. The van der Waals surface area contributed by atoms with Crippen LogP contribution in [0.4, 0.5) is 5.69 Å². The van der Waals surface area contributed by atoms with Crippen LogP contribution in [-0.2, 0) is 0 Å². The second-order valence-electron chi connectivity index (χ2n) is 4.63. The Balaban J connectivity index is 2.00. The number of aliphatic hydroxyl groups excluding tert-OH is 1. The van der Waals surface area contributed by atoms with Crippen molar-refractivity contribution in [2.45, 2.75) is 13.0 Å². The molecule has 2 rings (SSSR count). The normalized spacial score (nSPS) is 12.0. The summed E-state index contributed by atoms with van der Waals surface area (Å²) in [4.78, 5) is 0. The summed E-state index contributed by atoms with van der Waals surface area (Å²) in [6, 6.07) is 13.0. The van der Waals surface area contributed by atoms with Gasteiger partial charge in [0.15, 0.2) is 0 Å². The lowest BCUT2D eigenvalue weighted by molar-refractivity contribution is 0.191. The van der Waals surface area contributed by atoms with E-state index in [2.05, 4.69) is 5.32 Å². The largest absolute Gasteiger partial charge is 0.497 e. The first kappa shape index (κ1) is 14.7. The summed E-state index contributed by atoms with van der Waals surface area (Å²) in [5, 5.41) is 14.1. The molecule has 4 heteroatoms. The molecule has 0 saturated carbocycles. The fourth-order valence-corrected chi connectivity index (χ4v) is 2.11. The lowest BCUT2D eigenvalue weighted by atomic mass is 10.1. The number of hydrogen-bond donors (Lipinski definition) is 2. The molecule has 0 aliphatic carbocycles. The molecule has 2 aromatic carbocycles. The van der Waals surface area contributed by atoms with Crippen LogP contribution >= 0.6 is 11.6 Å². The van der Waals surface area contributed by atoms with Crippen molar-refractivity contribution < 1.29 is 9.84 Å². The standard InChI is InChI=1S/C16H18ClNO2/c1-11-3-6-13(17)9-15(11)18-10-16(19)12-4-7-14(20-2)8-5-12/h3-9,16,18-19H,10H2,1-2H3. The summed E-state index contributed by atoms with van der Waals surface area (Å²) in [5.41, 5.74) is 2.87. The number of anilines is 1. The maximum atomic E-state index is 10.2. The van der Waals surface area contributed by atoms with Crippen molar-refractivity contribution in [3.63, 3.8) is 0 Å². The van der Waals surface area contributed by atoms with Crippen LogP contribution in [0, 0.1) is 6.92 Å². The molecule has 0 aliphatic rings. The predicted molar refractivity (Wildman–Crippen MR) is 82.6 cm³/mol. The number of aliphatic hydroxyl groups is 1. The van der Waals surface area contributed by atoms with Crippen LogP contribution in [0.2, 0.25) is 5.02 Å². The zero-order valence-corrected chi connectivity index (χ0v) is 12.3. The third kappa shape index (κ3) is 3.65. The van der Waals surface area contributed by atoms with Crippen molar-refractivity contribution in [1.82, 2.24) is 0 Å². The minimum absolute atomic E-state index is 0.424. The molecule has 2 aromatic rings. The molecule has 0 radical (unpaired) electrons. The molecule has 0 heterocycles. The molecule has 0 amide bonds. The van der Waals surface area contributed by atoms with Gasteiger partial charge in [-0.05, 0) is 42.3 Å². The van der Waals surface area contributed by atoms with Gasteiger partial charge in [-0.15, -0.1) is 0 Å². The maximum Gasteiger partial charge on any atom is 0.118 e. The van der Waals surface area contributed by atoms with Gasteiger partial charge in [-0.1, -0.05) is 29.8 Å². The molecule has 0 bridgehead atoms. The van der Waals surface area contributed by atoms with Gasteiger partial charge < -0.3 is 15.2 Å². The van der Waals surface area contributed by atoms with Gasteiger partial charge in [0.25, 0.3) is 0 Å². The molecule has 1 atom stereocenters. The second-order valence-corrected chi connectivity index (χ2v) is 5.07. The van der Waals surface area contributed by atoms with Gasteiger partial charge in [0.1, 0.15) is 5.75 Å². The predicted octanol–water partition coefficient (Wildman–Crippen LogP) is 3.80. The third-order valence-electron chi connectivity index (χ3n) is 3.19. The fraction of sp³-hybridized carbons (Fsp3) is 0.250. The van der Waals surface area contributed by atoms with Crippen molar-refractivity contribution in [1.29, 1.82) is 0 Å². The lowest BCUT2D eigenvalue weighted by Gasteiger charge is -2.15. The van der Waals surface area contributed by atoms with Crippen LogP contribution in [0.5, 0.6) is 5.75 Å². The van der Waals surface area contributed by atoms with Gasteiger partial charge >= 0.3 is 0 Å². The molecule has 20 heavy (non-hydrogen) atoms. The van der Waals surface area contributed by atoms with Crippen molar-refractivity contribution in [2.75, 3.05) is 19.0 Å². The van der Waals surface area contributed by atoms with Gasteiger partial charge in [-0.3, -0.25) is 0 Å². The molecule has 0 spiro atoms. The van der Waals surface area contributed by atoms with E-state index in [1.807, 2.05) is 49.4 Å². The zero-order chi connectivity index (χ0) is 14.5. The van der Waals surface area contributed by atoms with E-state index in [0.29, 0.717) is 11.6 Å². The van der Waals surface area contributed by atoms with Crippen molar-refractivity contribution in [3.05, 3.63) is 58.6 Å². The third-order valence-corrected chi connectivity index (χ3v) is 3.42. The molecule has 2 N–H and O–H groups in total. The lowest BCUT2D eigenvalue weighted by Crippen LogP contribution is -2.12. The van der Waals surface area contributed by atoms with E-state index < -0.39 is 6.10 Å². The zero-order valence-electron chi connectivity index (χ0n) is 11.6. The topological polar surface area (TPSA) is 41.5 Å². The molecule has 0 aliphatic heterocycles. The number of aryl methyl sites for hydroxylation is 1. The van der Waals surface area contributed by atoms with Gasteiger partial charge in [-0.25, -0.2) is 0 Å². The monoisotopic (exact) mass is 291 g/mol. The SMILES string of the molecule is COc1ccc(C(O)CNc2cc(Cl)ccc2C)cc1. The highest BCUT2D eigenvalue weighted by Crippen LogP contribution is 2.22. The van der Waals surface area contributed by atoms with E-state index >= 15 is 0 Å². The first-order chi connectivity index (χ1) is 9.60. The van der Waals surface area contributed by atoms with Gasteiger partial charge in [0.05, 0.1) is 13.2 Å². The maximum absolute atomic E-state index is 10.2. The van der Waals surface area contributed by atoms with E-state index in [9.17, 15) is 5.11 Å². The molecule has 0 saturated heterocycles. The Labute approximate surface area is 124 Å². The Morgan fingerprint density at radius 2 is 1.90 bits per heavy atom. The molecular weight excluding hydrogens is 274 g/mol. The highest BCUT2D eigenvalue weighted by atomic mass is 35.5. The first-order valence-electron chi connectivity index (χ1n) is 6.42. The molecule has 0 aromatic heterocycles. The summed E-state index contributed by atoms with van der Waals surface area (Å²) >= 11 is 5.97. The average molecular weight is 292 g/mol. The number of methoxy groups -OCH3 is 1. The second kappa shape index (κ2) is 6.64. The van der Waals surface area contributed by atoms with E-state index in [0.717, 1.165) is 22.6 Å². The average Bonchev–Trinajstić information content (AvgIpc) is 2.48. The summed E-state index contributed by atoms with van der Waals surface area (Å²) in [5.74, 6) is 0.777. The van der Waals surface area contributed by atoms with Crippen molar-refractivity contribution in [2.24, 2.45) is 0 Å². The molecule has 1 unspecified atom stereocenters. The smallest absolute Gasteiger partial charge is 0.118 e. The number of halogens is 1. The van der Waals surface area contributed by atoms with Gasteiger partial charge in [0.2, 0.25) is 0 Å². The minimum atomic E-state index is -0.584. The number of rotatable bonds is 5.